The van der Waals surface area contributed by atoms with E-state index in [4.69, 9.17) is 0 Å². The number of piperazine rings is 1. The van der Waals surface area contributed by atoms with Crippen molar-refractivity contribution in [2.24, 2.45) is 0 Å². The molecule has 1 saturated heterocycles. The number of carbonyl (C=O) groups is 1. The lowest BCUT2D eigenvalue weighted by Gasteiger charge is -2.36. The molecule has 7 nitrogen and oxygen atoms in total. The molecule has 154 valence electrons. The summed E-state index contributed by atoms with van der Waals surface area (Å²) in [5, 5.41) is 16.1. The lowest BCUT2D eigenvalue weighted by atomic mass is 10.1. The van der Waals surface area contributed by atoms with Crippen molar-refractivity contribution in [3.8, 4) is 0 Å². The molecule has 7 heteroatoms. The zero-order valence-electron chi connectivity index (χ0n) is 16.9. The van der Waals surface area contributed by atoms with Gasteiger partial charge in [-0.25, -0.2) is 0 Å². The predicted octanol–water partition coefficient (Wildman–Crippen LogP) is 2.48. The number of anilines is 2. The Morgan fingerprint density at radius 3 is 2.37 bits per heavy atom. The number of rotatable bonds is 5. The molecule has 0 aliphatic carbocycles. The highest BCUT2D eigenvalue weighted by atomic mass is 16.6. The van der Waals surface area contributed by atoms with Crippen molar-refractivity contribution in [2.45, 2.75) is 13.0 Å². The van der Waals surface area contributed by atoms with Crippen molar-refractivity contribution in [1.82, 2.24) is 0 Å². The van der Waals surface area contributed by atoms with Crippen molar-refractivity contribution in [2.75, 3.05) is 36.4 Å². The van der Waals surface area contributed by atoms with Gasteiger partial charge in [0.2, 0.25) is 0 Å². The summed E-state index contributed by atoms with van der Waals surface area (Å²) in [6.45, 7) is 5.25. The van der Waals surface area contributed by atoms with E-state index in [2.05, 4.69) is 16.3 Å². The van der Waals surface area contributed by atoms with Crippen molar-refractivity contribution < 1.29 is 14.6 Å². The average Bonchev–Trinajstić information content (AvgIpc) is 2.78. The minimum absolute atomic E-state index is 0.0177. The number of fused-ring (bicyclic) bond motifs is 1. The lowest BCUT2D eigenvalue weighted by molar-refractivity contribution is -0.914. The van der Waals surface area contributed by atoms with E-state index in [0.29, 0.717) is 0 Å². The van der Waals surface area contributed by atoms with Crippen LogP contribution in [0.3, 0.4) is 0 Å². The summed E-state index contributed by atoms with van der Waals surface area (Å²) >= 11 is 0. The summed E-state index contributed by atoms with van der Waals surface area (Å²) in [5.41, 5.74) is 1.89. The van der Waals surface area contributed by atoms with Gasteiger partial charge >= 0.3 is 0 Å². The Balaban J connectivity index is 1.34. The number of amides is 1. The van der Waals surface area contributed by atoms with Gasteiger partial charge in [-0.1, -0.05) is 30.3 Å². The molecule has 2 N–H and O–H groups in total. The summed E-state index contributed by atoms with van der Waals surface area (Å²) < 4.78 is 0. The highest BCUT2D eigenvalue weighted by Gasteiger charge is 2.29. The zero-order chi connectivity index (χ0) is 21.1. The molecule has 1 aliphatic rings. The van der Waals surface area contributed by atoms with E-state index >= 15 is 0 Å². The number of quaternary nitrogens is 1. The first-order chi connectivity index (χ1) is 14.5. The minimum atomic E-state index is -0.387. The van der Waals surface area contributed by atoms with Crippen LogP contribution in [-0.2, 0) is 4.79 Å². The van der Waals surface area contributed by atoms with Crippen molar-refractivity contribution in [1.29, 1.82) is 0 Å². The molecule has 4 rings (SSSR count). The Bertz CT molecular complexity index is 1060. The fourth-order valence-corrected chi connectivity index (χ4v) is 3.97. The Morgan fingerprint density at radius 2 is 1.70 bits per heavy atom. The van der Waals surface area contributed by atoms with Crippen molar-refractivity contribution in [3.63, 3.8) is 0 Å². The average molecular weight is 405 g/mol. The quantitative estimate of drug-likeness (QED) is 0.505. The van der Waals surface area contributed by atoms with Crippen LogP contribution in [-0.4, -0.2) is 43.1 Å². The van der Waals surface area contributed by atoms with Gasteiger partial charge in [-0.15, -0.1) is 0 Å². The second kappa shape index (κ2) is 8.51. The fraction of sp³-hybridized carbons (Fsp3) is 0.261. The number of hydrogen-bond acceptors (Lipinski definition) is 4. The van der Waals surface area contributed by atoms with E-state index in [1.165, 1.54) is 17.0 Å². The maximum atomic E-state index is 12.8. The molecule has 0 saturated carbocycles. The summed E-state index contributed by atoms with van der Waals surface area (Å²) in [7, 11) is 0. The van der Waals surface area contributed by atoms with Crippen LogP contribution in [0.1, 0.15) is 6.92 Å². The van der Waals surface area contributed by atoms with Crippen LogP contribution < -0.4 is 15.1 Å². The lowest BCUT2D eigenvalue weighted by Crippen LogP contribution is -3.19. The molecule has 1 fully saturated rings. The summed E-state index contributed by atoms with van der Waals surface area (Å²) in [6, 6.07) is 20.5. The second-order valence-electron chi connectivity index (χ2n) is 7.69. The normalized spacial score (nSPS) is 15.7. The van der Waals surface area contributed by atoms with E-state index in [-0.39, 0.29) is 22.6 Å². The number of hydrogen-bond donors (Lipinski definition) is 2. The Morgan fingerprint density at radius 1 is 1.03 bits per heavy atom. The number of carbonyl (C=O) groups excluding carboxylic acids is 1. The Kier molecular flexibility index (Phi) is 5.63. The van der Waals surface area contributed by atoms with Gasteiger partial charge in [0.1, 0.15) is 0 Å². The van der Waals surface area contributed by atoms with Gasteiger partial charge < -0.3 is 15.1 Å². The van der Waals surface area contributed by atoms with Crippen LogP contribution in [0.25, 0.3) is 10.8 Å². The molecule has 1 heterocycles. The highest BCUT2D eigenvalue weighted by Crippen LogP contribution is 2.20. The second-order valence-corrected chi connectivity index (χ2v) is 7.69. The Labute approximate surface area is 175 Å². The molecule has 1 atom stereocenters. The third-order valence-corrected chi connectivity index (χ3v) is 5.85. The molecule has 1 aliphatic heterocycles. The molecule has 0 spiro atoms. The van der Waals surface area contributed by atoms with Crippen LogP contribution >= 0.6 is 0 Å². The van der Waals surface area contributed by atoms with Gasteiger partial charge in [-0.2, -0.15) is 0 Å². The van der Waals surface area contributed by atoms with Gasteiger partial charge in [0.15, 0.2) is 6.04 Å². The molecular formula is C23H25N4O3+. The topological polar surface area (TPSA) is 79.9 Å². The Hall–Kier alpha value is -3.45. The first-order valence-electron chi connectivity index (χ1n) is 10.1. The predicted molar refractivity (Wildman–Crippen MR) is 118 cm³/mol. The third-order valence-electron chi connectivity index (χ3n) is 5.85. The smallest absolute Gasteiger partial charge is 0.282 e. The SMILES string of the molecule is C[C@H](C(=O)Nc1ccc2ccccc2c1)[NH+]1CCN(c2ccc([N+](=O)[O-])cc2)CC1. The van der Waals surface area contributed by atoms with E-state index in [1.54, 1.807) is 12.1 Å². The summed E-state index contributed by atoms with van der Waals surface area (Å²) in [5.74, 6) is 0.0177. The van der Waals surface area contributed by atoms with Gasteiger partial charge in [0.25, 0.3) is 11.6 Å². The van der Waals surface area contributed by atoms with E-state index in [1.807, 2.05) is 43.3 Å². The highest BCUT2D eigenvalue weighted by molar-refractivity contribution is 5.96. The van der Waals surface area contributed by atoms with Crippen LogP contribution in [0.5, 0.6) is 0 Å². The third kappa shape index (κ3) is 4.26. The van der Waals surface area contributed by atoms with Crippen LogP contribution in [0, 0.1) is 10.1 Å². The molecule has 0 radical (unpaired) electrons. The largest absolute Gasteiger partial charge is 0.360 e. The number of benzene rings is 3. The van der Waals surface area contributed by atoms with Gasteiger partial charge in [0.05, 0.1) is 31.1 Å². The maximum Gasteiger partial charge on any atom is 0.282 e. The number of nitro benzene ring substituents is 1. The van der Waals surface area contributed by atoms with Crippen LogP contribution in [0.2, 0.25) is 0 Å². The molecule has 3 aromatic carbocycles. The molecular weight excluding hydrogens is 380 g/mol. The molecule has 0 aromatic heterocycles. The minimum Gasteiger partial charge on any atom is -0.360 e. The first kappa shape index (κ1) is 19.8. The van der Waals surface area contributed by atoms with Gasteiger partial charge in [0, 0.05) is 23.5 Å². The molecule has 0 bridgehead atoms. The molecule has 30 heavy (non-hydrogen) atoms. The number of nitrogens with zero attached hydrogens (tertiary/aromatic N) is 2. The number of nitrogens with one attached hydrogen (secondary N) is 2. The van der Waals surface area contributed by atoms with Crippen LogP contribution in [0.4, 0.5) is 17.1 Å². The number of non-ortho nitro benzene ring substituents is 1. The monoisotopic (exact) mass is 405 g/mol. The first-order valence-corrected chi connectivity index (χ1v) is 10.1. The van der Waals surface area contributed by atoms with Crippen molar-refractivity contribution >= 4 is 33.7 Å². The summed E-state index contributed by atoms with van der Waals surface area (Å²) in [6.07, 6.45) is 0. The summed E-state index contributed by atoms with van der Waals surface area (Å²) in [4.78, 5) is 26.7. The van der Waals surface area contributed by atoms with Crippen LogP contribution in [0.15, 0.2) is 66.7 Å². The molecule has 0 unspecified atom stereocenters. The van der Waals surface area contributed by atoms with Gasteiger partial charge in [-0.3, -0.25) is 14.9 Å². The van der Waals surface area contributed by atoms with E-state index in [0.717, 1.165) is 48.3 Å². The van der Waals surface area contributed by atoms with E-state index in [9.17, 15) is 14.9 Å². The molecule has 1 amide bonds. The molecule has 3 aromatic rings. The van der Waals surface area contributed by atoms with Crippen molar-refractivity contribution in [3.05, 3.63) is 76.8 Å². The van der Waals surface area contributed by atoms with Gasteiger partial charge in [-0.05, 0) is 42.0 Å². The fourth-order valence-electron chi connectivity index (χ4n) is 3.97. The standard InChI is InChI=1S/C23H24N4O3/c1-17(23(28)24-20-7-6-18-4-2-3-5-19(18)16-20)25-12-14-26(15-13-25)21-8-10-22(11-9-21)27(29)30/h2-11,16-17H,12-15H2,1H3,(H,24,28)/p+1/t17-/m1/s1. The van der Waals surface area contributed by atoms with E-state index < -0.39 is 0 Å². The maximum absolute atomic E-state index is 12.8. The zero-order valence-corrected chi connectivity index (χ0v) is 16.9. The number of nitro groups is 1.